The minimum absolute atomic E-state index is 0.424. The number of rotatable bonds is 0. The molecular formula is C12H26AsGa. The van der Waals surface area contributed by atoms with Gasteiger partial charge in [-0.25, -0.2) is 0 Å². The first-order chi connectivity index (χ1) is 6.21. The van der Waals surface area contributed by atoms with Gasteiger partial charge in [0.15, 0.2) is 0 Å². The molecule has 0 aromatic carbocycles. The standard InChI is InChI=1S/C8H18As.C4H8.Ga/c1-7(2,3)9-8(4,5)6;1-3-4-2;/h1-6H3;1-4H2;. The molecule has 0 spiro atoms. The predicted molar refractivity (Wildman–Crippen MR) is 69.8 cm³/mol. The van der Waals surface area contributed by atoms with Gasteiger partial charge in [0.2, 0.25) is 0 Å². The van der Waals surface area contributed by atoms with Crippen molar-refractivity contribution in [2.24, 2.45) is 0 Å². The van der Waals surface area contributed by atoms with E-state index in [-0.39, 0.29) is 0 Å². The molecule has 2 radical (unpaired) electrons. The maximum absolute atomic E-state index is 2.33. The zero-order chi connectivity index (χ0) is 11.2. The van der Waals surface area contributed by atoms with Crippen LogP contribution in [0.3, 0.4) is 0 Å². The number of hydrogen-bond acceptors (Lipinski definition) is 0. The summed E-state index contributed by atoms with van der Waals surface area (Å²) in [6.45, 7) is 14.0. The van der Waals surface area contributed by atoms with Crippen molar-refractivity contribution >= 4 is 33.2 Å². The van der Waals surface area contributed by atoms with Crippen molar-refractivity contribution < 1.29 is 0 Å². The molecule has 1 fully saturated rings. The predicted octanol–water partition coefficient (Wildman–Crippen LogP) is 4.45. The molecule has 0 saturated carbocycles. The van der Waals surface area contributed by atoms with E-state index >= 15 is 0 Å². The second kappa shape index (κ2) is 6.71. The SMILES string of the molecule is C1C[CH2][Ga][CH2]1.CC(C)(C)[As]C(C)(C)C. The Hall–Kier alpha value is 1.19. The average Bonchev–Trinajstić information content (AvgIpc) is 2.29. The van der Waals surface area contributed by atoms with E-state index in [1.165, 1.54) is 0 Å². The fourth-order valence-electron chi connectivity index (χ4n) is 1.73. The molecule has 0 nitrogen and oxygen atoms in total. The molecule has 1 saturated heterocycles. The van der Waals surface area contributed by atoms with E-state index in [2.05, 4.69) is 41.5 Å². The molecule has 0 aromatic rings. The van der Waals surface area contributed by atoms with Gasteiger partial charge in [-0.3, -0.25) is 0 Å². The molecule has 1 rings (SSSR count). The van der Waals surface area contributed by atoms with Crippen LogP contribution in [0.25, 0.3) is 0 Å². The Morgan fingerprint density at radius 1 is 0.786 bits per heavy atom. The van der Waals surface area contributed by atoms with Crippen LogP contribution in [-0.2, 0) is 0 Å². The molecule has 0 unspecified atom stereocenters. The summed E-state index contributed by atoms with van der Waals surface area (Å²) in [7, 11) is 0. The van der Waals surface area contributed by atoms with Gasteiger partial charge in [0.25, 0.3) is 0 Å². The molecule has 2 heteroatoms. The molecule has 0 N–H and O–H groups in total. The van der Waals surface area contributed by atoms with Crippen molar-refractivity contribution in [3.8, 4) is 0 Å². The van der Waals surface area contributed by atoms with Crippen LogP contribution in [0.2, 0.25) is 18.4 Å². The first-order valence-electron chi connectivity index (χ1n) is 5.76. The second-order valence-electron chi connectivity index (χ2n) is 6.03. The fraction of sp³-hybridized carbons (Fsp3) is 1.00. The summed E-state index contributed by atoms with van der Waals surface area (Å²) in [5.74, 6) is 0. The first kappa shape index (κ1) is 15.2. The first-order valence-corrected chi connectivity index (χ1v) is 11.1. The topological polar surface area (TPSA) is 0 Å². The Balaban J connectivity index is 0.000000280. The molecule has 1 heterocycles. The van der Waals surface area contributed by atoms with E-state index in [1.807, 2.05) is 0 Å². The van der Waals surface area contributed by atoms with Gasteiger partial charge >= 0.3 is 106 Å². The molecule has 0 aliphatic carbocycles. The van der Waals surface area contributed by atoms with Crippen molar-refractivity contribution in [1.29, 1.82) is 0 Å². The molecule has 1 aliphatic rings. The van der Waals surface area contributed by atoms with Crippen LogP contribution < -0.4 is 0 Å². The Bertz CT molecular complexity index is 118. The van der Waals surface area contributed by atoms with Gasteiger partial charge in [0.05, 0.1) is 0 Å². The third kappa shape index (κ3) is 13.2. The Morgan fingerprint density at radius 2 is 1.14 bits per heavy atom. The van der Waals surface area contributed by atoms with Gasteiger partial charge in [0, 0.05) is 0 Å². The van der Waals surface area contributed by atoms with Crippen molar-refractivity contribution in [2.75, 3.05) is 0 Å². The second-order valence-corrected chi connectivity index (χ2v) is 15.8. The molecule has 14 heavy (non-hydrogen) atoms. The van der Waals surface area contributed by atoms with Crippen LogP contribution in [0.1, 0.15) is 54.4 Å². The molecule has 0 bridgehead atoms. The van der Waals surface area contributed by atoms with Crippen LogP contribution in [-0.4, -0.2) is 33.2 Å². The molecule has 0 amide bonds. The van der Waals surface area contributed by atoms with E-state index < -0.39 is 0 Å². The van der Waals surface area contributed by atoms with Crippen molar-refractivity contribution in [3.63, 3.8) is 0 Å². The summed E-state index contributed by atoms with van der Waals surface area (Å²) in [5.41, 5.74) is 0. The molecule has 0 atom stereocenters. The van der Waals surface area contributed by atoms with Gasteiger partial charge < -0.3 is 0 Å². The van der Waals surface area contributed by atoms with E-state index in [1.54, 1.807) is 22.8 Å². The van der Waals surface area contributed by atoms with Crippen LogP contribution in [0.15, 0.2) is 0 Å². The summed E-state index contributed by atoms with van der Waals surface area (Å²) in [4.78, 5) is 3.31. The number of hydrogen-bond donors (Lipinski definition) is 0. The van der Waals surface area contributed by atoms with Crippen molar-refractivity contribution in [3.05, 3.63) is 0 Å². The fourth-order valence-corrected chi connectivity index (χ4v) is 8.98. The molecule has 0 aromatic heterocycles. The van der Waals surface area contributed by atoms with Crippen molar-refractivity contribution in [2.45, 2.75) is 72.7 Å². The van der Waals surface area contributed by atoms with Crippen molar-refractivity contribution in [1.82, 2.24) is 0 Å². The van der Waals surface area contributed by atoms with E-state index in [9.17, 15) is 0 Å². The quantitative estimate of drug-likeness (QED) is 0.580. The van der Waals surface area contributed by atoms with Crippen LogP contribution in [0, 0.1) is 0 Å². The average molecular weight is 315 g/mol. The summed E-state index contributed by atoms with van der Waals surface area (Å²) in [6, 6.07) is 0. The normalized spacial score (nSPS) is 17.0. The van der Waals surface area contributed by atoms with Gasteiger partial charge in [-0.2, -0.15) is 0 Å². The minimum atomic E-state index is 0.424. The van der Waals surface area contributed by atoms with E-state index in [0.29, 0.717) is 41.6 Å². The third-order valence-electron chi connectivity index (χ3n) is 1.74. The van der Waals surface area contributed by atoms with E-state index in [0.717, 1.165) is 0 Å². The zero-order valence-electron chi connectivity index (χ0n) is 10.9. The Morgan fingerprint density at radius 3 is 1.21 bits per heavy atom. The van der Waals surface area contributed by atoms with Gasteiger partial charge in [-0.05, 0) is 0 Å². The summed E-state index contributed by atoms with van der Waals surface area (Å²) < 4.78 is 1.16. The molecule has 1 aliphatic heterocycles. The summed E-state index contributed by atoms with van der Waals surface area (Å²) in [6.07, 6.45) is 3.14. The van der Waals surface area contributed by atoms with Crippen LogP contribution >= 0.6 is 0 Å². The molecule has 82 valence electrons. The monoisotopic (exact) mass is 314 g/mol. The summed E-state index contributed by atoms with van der Waals surface area (Å²) in [5, 5.41) is 0. The summed E-state index contributed by atoms with van der Waals surface area (Å²) >= 11 is 0.903. The van der Waals surface area contributed by atoms with Gasteiger partial charge in [-0.15, -0.1) is 0 Å². The van der Waals surface area contributed by atoms with Gasteiger partial charge in [-0.1, -0.05) is 0 Å². The zero-order valence-corrected chi connectivity index (χ0v) is 15.2. The van der Waals surface area contributed by atoms with Crippen LogP contribution in [0.4, 0.5) is 0 Å². The Kier molecular flexibility index (Phi) is 7.28. The Labute approximate surface area is 105 Å². The maximum atomic E-state index is 2.33. The molecular weight excluding hydrogens is 289 g/mol. The third-order valence-corrected chi connectivity index (χ3v) is 7.98. The van der Waals surface area contributed by atoms with Gasteiger partial charge in [0.1, 0.15) is 0 Å². The van der Waals surface area contributed by atoms with E-state index in [4.69, 9.17) is 0 Å². The van der Waals surface area contributed by atoms with Crippen LogP contribution in [0.5, 0.6) is 0 Å².